The number of nitrogens with two attached hydrogens (primary N) is 2. The van der Waals surface area contributed by atoms with Crippen LogP contribution in [0.2, 0.25) is 0 Å². The van der Waals surface area contributed by atoms with E-state index in [-0.39, 0.29) is 10.6 Å². The minimum absolute atomic E-state index is 0.0292. The molecule has 0 bridgehead atoms. The largest absolute Gasteiger partial charge is 0.389 e. The van der Waals surface area contributed by atoms with E-state index in [2.05, 4.69) is 0 Å². The molecule has 1 aromatic rings. The second-order valence-corrected chi connectivity index (χ2v) is 4.18. The third-order valence-corrected chi connectivity index (χ3v) is 2.76. The molecule has 0 radical (unpaired) electrons. The fourth-order valence-corrected chi connectivity index (χ4v) is 1.72. The summed E-state index contributed by atoms with van der Waals surface area (Å²) in [6.07, 6.45) is 0. The third-order valence-electron chi connectivity index (χ3n) is 2.55. The van der Waals surface area contributed by atoms with Crippen molar-refractivity contribution in [2.24, 2.45) is 11.5 Å². The fourth-order valence-electron chi connectivity index (χ4n) is 1.57. The molecule has 0 saturated heterocycles. The molecule has 0 aliphatic rings. The first-order valence-electron chi connectivity index (χ1n) is 5.58. The zero-order valence-corrected chi connectivity index (χ0v) is 11.1. The van der Waals surface area contributed by atoms with Crippen LogP contribution in [0.3, 0.4) is 0 Å². The summed E-state index contributed by atoms with van der Waals surface area (Å²) in [6, 6.07) is 11.8. The summed E-state index contributed by atoms with van der Waals surface area (Å²) in [7, 11) is 0. The fraction of sp³-hybridized carbons (Fsp3) is 0.231. The van der Waals surface area contributed by atoms with E-state index in [1.165, 1.54) is 0 Å². The Kier molecular flexibility index (Phi) is 5.15. The van der Waals surface area contributed by atoms with Crippen molar-refractivity contribution in [3.63, 3.8) is 0 Å². The van der Waals surface area contributed by atoms with Crippen LogP contribution in [0.1, 0.15) is 12.5 Å². The Morgan fingerprint density at radius 3 is 2.39 bits per heavy atom. The number of benzene rings is 1. The van der Waals surface area contributed by atoms with Crippen molar-refractivity contribution >= 4 is 17.2 Å². The van der Waals surface area contributed by atoms with Crippen molar-refractivity contribution in [1.82, 2.24) is 4.90 Å². The van der Waals surface area contributed by atoms with E-state index >= 15 is 0 Å². The van der Waals surface area contributed by atoms with Crippen molar-refractivity contribution in [1.29, 1.82) is 5.26 Å². The Balaban J connectivity index is 2.98. The molecule has 0 fully saturated rings. The van der Waals surface area contributed by atoms with Crippen LogP contribution < -0.4 is 11.5 Å². The van der Waals surface area contributed by atoms with Gasteiger partial charge >= 0.3 is 0 Å². The van der Waals surface area contributed by atoms with Crippen LogP contribution in [0, 0.1) is 11.3 Å². The van der Waals surface area contributed by atoms with Gasteiger partial charge in [-0.3, -0.25) is 0 Å². The lowest BCUT2D eigenvalue weighted by molar-refractivity contribution is 0.350. The Morgan fingerprint density at radius 2 is 1.94 bits per heavy atom. The maximum absolute atomic E-state index is 9.00. The van der Waals surface area contributed by atoms with Gasteiger partial charge in [-0.2, -0.15) is 5.26 Å². The Labute approximate surface area is 112 Å². The van der Waals surface area contributed by atoms with E-state index in [9.17, 15) is 0 Å². The highest BCUT2D eigenvalue weighted by atomic mass is 32.1. The summed E-state index contributed by atoms with van der Waals surface area (Å²) in [6.45, 7) is 3.26. The zero-order valence-electron chi connectivity index (χ0n) is 10.3. The number of nitrogens with zero attached hydrogens (tertiary/aromatic N) is 2. The molecule has 0 saturated carbocycles. The number of thiocarbonyl (C=S) groups is 1. The molecule has 0 spiro atoms. The van der Waals surface area contributed by atoms with Gasteiger partial charge in [0.1, 0.15) is 22.5 Å². The van der Waals surface area contributed by atoms with Gasteiger partial charge < -0.3 is 16.4 Å². The second kappa shape index (κ2) is 6.62. The Morgan fingerprint density at radius 1 is 1.33 bits per heavy atom. The number of hydrogen-bond donors (Lipinski definition) is 2. The molecule has 0 aliphatic heterocycles. The molecule has 4 N–H and O–H groups in total. The molecule has 0 atom stereocenters. The predicted octanol–water partition coefficient (Wildman–Crippen LogP) is 1.49. The molecule has 1 aromatic carbocycles. The first-order chi connectivity index (χ1) is 8.60. The molecule has 5 heteroatoms. The average Bonchev–Trinajstić information content (AvgIpc) is 2.37. The highest BCUT2D eigenvalue weighted by Gasteiger charge is 2.12. The minimum Gasteiger partial charge on any atom is -0.389 e. The molecule has 4 nitrogen and oxygen atoms in total. The van der Waals surface area contributed by atoms with E-state index in [1.807, 2.05) is 48.2 Å². The third kappa shape index (κ3) is 3.47. The summed E-state index contributed by atoms with van der Waals surface area (Å²) < 4.78 is 0. The lowest BCUT2D eigenvalue weighted by Gasteiger charge is -2.24. The zero-order chi connectivity index (χ0) is 13.5. The highest BCUT2D eigenvalue weighted by molar-refractivity contribution is 7.80. The number of nitriles is 1. The molecule has 0 amide bonds. The molecule has 0 unspecified atom stereocenters. The molecular weight excluding hydrogens is 244 g/mol. The lowest BCUT2D eigenvalue weighted by atomic mass is 10.2. The van der Waals surface area contributed by atoms with Gasteiger partial charge in [0.25, 0.3) is 0 Å². The van der Waals surface area contributed by atoms with Crippen molar-refractivity contribution in [3.05, 3.63) is 47.3 Å². The predicted molar refractivity (Wildman–Crippen MR) is 76.1 cm³/mol. The summed E-state index contributed by atoms with van der Waals surface area (Å²) in [5.74, 6) is 0.330. The van der Waals surface area contributed by atoms with Crippen molar-refractivity contribution in [3.8, 4) is 6.07 Å². The smallest absolute Gasteiger partial charge is 0.126 e. The van der Waals surface area contributed by atoms with E-state index in [4.69, 9.17) is 28.9 Å². The quantitative estimate of drug-likeness (QED) is 0.476. The summed E-state index contributed by atoms with van der Waals surface area (Å²) in [5.41, 5.74) is 12.7. The Hall–Kier alpha value is -2.06. The summed E-state index contributed by atoms with van der Waals surface area (Å²) >= 11 is 4.81. The lowest BCUT2D eigenvalue weighted by Crippen LogP contribution is -2.31. The highest BCUT2D eigenvalue weighted by Crippen LogP contribution is 2.10. The van der Waals surface area contributed by atoms with E-state index in [1.54, 1.807) is 0 Å². The van der Waals surface area contributed by atoms with Crippen LogP contribution in [0.15, 0.2) is 41.7 Å². The van der Waals surface area contributed by atoms with E-state index in [0.29, 0.717) is 18.9 Å². The van der Waals surface area contributed by atoms with Gasteiger partial charge in [0.05, 0.1) is 0 Å². The second-order valence-electron chi connectivity index (χ2n) is 3.74. The van der Waals surface area contributed by atoms with Crippen molar-refractivity contribution in [2.45, 2.75) is 13.5 Å². The average molecular weight is 260 g/mol. The van der Waals surface area contributed by atoms with E-state index < -0.39 is 0 Å². The van der Waals surface area contributed by atoms with Gasteiger partial charge in [-0.05, 0) is 12.5 Å². The number of rotatable bonds is 5. The van der Waals surface area contributed by atoms with E-state index in [0.717, 1.165) is 5.56 Å². The van der Waals surface area contributed by atoms with Crippen molar-refractivity contribution < 1.29 is 0 Å². The maximum atomic E-state index is 9.00. The van der Waals surface area contributed by atoms with Gasteiger partial charge in [0.15, 0.2) is 0 Å². The van der Waals surface area contributed by atoms with Crippen LogP contribution in [0.4, 0.5) is 0 Å². The standard InChI is InChI=1S/C13H16N4S/c1-2-17(9-10-6-4-3-5-7-10)12(15)11(8-14)13(16)18/h3-7H,2,9,15H2,1H3,(H2,16,18)/b12-11+. The summed E-state index contributed by atoms with van der Waals surface area (Å²) in [4.78, 5) is 1.90. The van der Waals surface area contributed by atoms with Crippen LogP contribution in [0.25, 0.3) is 0 Å². The Bertz CT molecular complexity index is 487. The maximum Gasteiger partial charge on any atom is 0.126 e. The molecule has 18 heavy (non-hydrogen) atoms. The molecule has 0 aliphatic carbocycles. The molecule has 94 valence electrons. The topological polar surface area (TPSA) is 79.1 Å². The van der Waals surface area contributed by atoms with Gasteiger partial charge in [-0.15, -0.1) is 0 Å². The van der Waals surface area contributed by atoms with Gasteiger partial charge in [0.2, 0.25) is 0 Å². The molecule has 0 heterocycles. The molecule has 1 rings (SSSR count). The van der Waals surface area contributed by atoms with Gasteiger partial charge in [-0.1, -0.05) is 42.5 Å². The van der Waals surface area contributed by atoms with Crippen molar-refractivity contribution in [2.75, 3.05) is 6.54 Å². The van der Waals surface area contributed by atoms with Gasteiger partial charge in [0, 0.05) is 13.1 Å². The number of hydrogen-bond acceptors (Lipinski definition) is 4. The van der Waals surface area contributed by atoms with Crippen LogP contribution in [0.5, 0.6) is 0 Å². The molecule has 0 aromatic heterocycles. The normalized spacial score (nSPS) is 11.3. The summed E-state index contributed by atoms with van der Waals surface area (Å²) in [5, 5.41) is 9.00. The van der Waals surface area contributed by atoms with Crippen LogP contribution in [-0.4, -0.2) is 16.4 Å². The first kappa shape index (κ1) is 14.0. The van der Waals surface area contributed by atoms with Gasteiger partial charge in [-0.25, -0.2) is 0 Å². The van der Waals surface area contributed by atoms with Crippen LogP contribution >= 0.6 is 12.2 Å². The first-order valence-corrected chi connectivity index (χ1v) is 5.99. The molecular formula is C13H16N4S. The monoisotopic (exact) mass is 260 g/mol. The SMILES string of the molecule is CCN(Cc1ccccc1)/C(N)=C(\C#N)C(N)=S. The minimum atomic E-state index is 0.0292. The van der Waals surface area contributed by atoms with Crippen LogP contribution in [-0.2, 0) is 6.54 Å².